The summed E-state index contributed by atoms with van der Waals surface area (Å²) in [6, 6.07) is 12.2. The van der Waals surface area contributed by atoms with Gasteiger partial charge in [0.2, 0.25) is 0 Å². The molecule has 0 amide bonds. The number of halogens is 2. The molecule has 3 saturated heterocycles. The molecule has 4 aromatic rings. The van der Waals surface area contributed by atoms with Gasteiger partial charge in [-0.15, -0.1) is 0 Å². The van der Waals surface area contributed by atoms with Gasteiger partial charge in [0.1, 0.15) is 23.6 Å². The second-order valence-corrected chi connectivity index (χ2v) is 12.2. The van der Waals surface area contributed by atoms with Crippen LogP contribution in [0, 0.1) is 5.82 Å². The minimum atomic E-state index is -0.536. The van der Waals surface area contributed by atoms with Crippen LogP contribution < -0.4 is 15.0 Å². The van der Waals surface area contributed by atoms with Crippen molar-refractivity contribution in [3.63, 3.8) is 0 Å². The number of piperazine rings is 1. The summed E-state index contributed by atoms with van der Waals surface area (Å²) in [6.45, 7) is 7.06. The van der Waals surface area contributed by atoms with Gasteiger partial charge in [-0.05, 0) is 51.1 Å². The second kappa shape index (κ2) is 10.6. The van der Waals surface area contributed by atoms with E-state index >= 15 is 4.39 Å². The van der Waals surface area contributed by atoms with Gasteiger partial charge in [-0.25, -0.2) is 4.39 Å². The number of ether oxygens (including phenoxy) is 1. The quantitative estimate of drug-likeness (QED) is 0.338. The van der Waals surface area contributed by atoms with Gasteiger partial charge in [0.05, 0.1) is 17.5 Å². The summed E-state index contributed by atoms with van der Waals surface area (Å²) in [5.41, 5.74) is 0.957. The molecule has 3 aliphatic rings. The predicted octanol–water partition coefficient (Wildman–Crippen LogP) is 4.80. The molecule has 0 aliphatic carbocycles. The highest BCUT2D eigenvalue weighted by atomic mass is 35.5. The maximum atomic E-state index is 16.5. The molecule has 0 radical (unpaired) electrons. The minimum absolute atomic E-state index is 0.0730. The van der Waals surface area contributed by atoms with E-state index in [9.17, 15) is 5.11 Å². The molecule has 2 N–H and O–H groups in total. The summed E-state index contributed by atoms with van der Waals surface area (Å²) in [5.74, 6) is 0.0443. The van der Waals surface area contributed by atoms with E-state index in [1.165, 1.54) is 0 Å². The third kappa shape index (κ3) is 4.78. The molecule has 214 valence electrons. The number of rotatable bonds is 6. The van der Waals surface area contributed by atoms with Crippen LogP contribution in [0.3, 0.4) is 0 Å². The molecule has 3 fully saturated rings. The number of anilines is 1. The first-order chi connectivity index (χ1) is 19.9. The zero-order valence-electron chi connectivity index (χ0n) is 23.2. The molecule has 8 nitrogen and oxygen atoms in total. The molecule has 41 heavy (non-hydrogen) atoms. The van der Waals surface area contributed by atoms with Gasteiger partial charge in [-0.3, -0.25) is 9.88 Å². The van der Waals surface area contributed by atoms with Gasteiger partial charge in [-0.2, -0.15) is 9.97 Å². The van der Waals surface area contributed by atoms with Crippen LogP contribution in [0.25, 0.3) is 32.9 Å². The maximum Gasteiger partial charge on any atom is 0.319 e. The molecule has 2 aromatic carbocycles. The van der Waals surface area contributed by atoms with Crippen molar-refractivity contribution in [2.75, 3.05) is 31.1 Å². The SMILES string of the molecule is CC(C)N1CCC[C@H]1COc1nc(N2C[C@H]3C[C@@H](O)[C@@H](C2)N3)c2cnc(-c3cccc4cccc(Cl)c34)c(F)c2n1. The van der Waals surface area contributed by atoms with Gasteiger partial charge in [0, 0.05) is 53.4 Å². The van der Waals surface area contributed by atoms with Crippen LogP contribution in [0.15, 0.2) is 42.6 Å². The fourth-order valence-electron chi connectivity index (χ4n) is 6.89. The number of hydrogen-bond donors (Lipinski definition) is 2. The topological polar surface area (TPSA) is 86.6 Å². The Morgan fingerprint density at radius 3 is 2.80 bits per heavy atom. The first kappa shape index (κ1) is 26.8. The Bertz CT molecular complexity index is 1610. The van der Waals surface area contributed by atoms with E-state index in [-0.39, 0.29) is 35.3 Å². The van der Waals surface area contributed by atoms with Crippen LogP contribution in [-0.4, -0.2) is 81.5 Å². The number of aliphatic hydroxyl groups excluding tert-OH is 1. The zero-order chi connectivity index (χ0) is 28.2. The number of aromatic nitrogens is 3. The highest BCUT2D eigenvalue weighted by Gasteiger charge is 2.40. The maximum absolute atomic E-state index is 16.5. The highest BCUT2D eigenvalue weighted by molar-refractivity contribution is 6.36. The lowest BCUT2D eigenvalue weighted by molar-refractivity contribution is 0.138. The minimum Gasteiger partial charge on any atom is -0.462 e. The number of aliphatic hydroxyl groups is 1. The van der Waals surface area contributed by atoms with E-state index < -0.39 is 11.9 Å². The fraction of sp³-hybridized carbons (Fsp3) is 0.452. The van der Waals surface area contributed by atoms with Crippen molar-refractivity contribution in [3.05, 3.63) is 53.4 Å². The smallest absolute Gasteiger partial charge is 0.319 e. The van der Waals surface area contributed by atoms with Crippen molar-refractivity contribution in [1.29, 1.82) is 0 Å². The Hall–Kier alpha value is -3.11. The van der Waals surface area contributed by atoms with E-state index in [1.807, 2.05) is 30.3 Å². The fourth-order valence-corrected chi connectivity index (χ4v) is 7.17. The number of likely N-dealkylation sites (tertiary alicyclic amines) is 1. The lowest BCUT2D eigenvalue weighted by atomic mass is 10.0. The number of nitrogens with one attached hydrogen (secondary N) is 1. The number of hydrogen-bond acceptors (Lipinski definition) is 8. The molecule has 5 heterocycles. The highest BCUT2D eigenvalue weighted by Crippen LogP contribution is 2.38. The average molecular weight is 577 g/mol. The second-order valence-electron chi connectivity index (χ2n) is 11.8. The van der Waals surface area contributed by atoms with Gasteiger partial charge >= 0.3 is 6.01 Å². The van der Waals surface area contributed by atoms with Crippen LogP contribution in [0.4, 0.5) is 10.2 Å². The summed E-state index contributed by atoms with van der Waals surface area (Å²) in [5, 5.41) is 16.7. The zero-order valence-corrected chi connectivity index (χ0v) is 24.0. The first-order valence-electron chi connectivity index (χ1n) is 14.5. The number of benzene rings is 2. The molecule has 0 unspecified atom stereocenters. The largest absolute Gasteiger partial charge is 0.462 e. The molecule has 0 spiro atoms. The lowest BCUT2D eigenvalue weighted by Crippen LogP contribution is -2.53. The lowest BCUT2D eigenvalue weighted by Gasteiger charge is -2.34. The Labute approximate surface area is 243 Å². The van der Waals surface area contributed by atoms with Crippen molar-refractivity contribution in [3.8, 4) is 17.3 Å². The first-order valence-corrected chi connectivity index (χ1v) is 14.9. The van der Waals surface area contributed by atoms with Crippen molar-refractivity contribution in [2.24, 2.45) is 0 Å². The Morgan fingerprint density at radius 2 is 2.00 bits per heavy atom. The molecule has 7 rings (SSSR count). The number of nitrogens with zero attached hydrogens (tertiary/aromatic N) is 5. The number of pyridine rings is 1. The molecule has 0 saturated carbocycles. The normalized spacial score (nSPS) is 24.7. The van der Waals surface area contributed by atoms with E-state index in [4.69, 9.17) is 21.3 Å². The van der Waals surface area contributed by atoms with E-state index in [0.29, 0.717) is 53.9 Å². The van der Waals surface area contributed by atoms with Gasteiger partial charge < -0.3 is 20.1 Å². The summed E-state index contributed by atoms with van der Waals surface area (Å²) in [6.07, 6.45) is 4.08. The van der Waals surface area contributed by atoms with Crippen molar-refractivity contribution in [2.45, 2.75) is 63.4 Å². The molecule has 2 aromatic heterocycles. The van der Waals surface area contributed by atoms with E-state index in [0.717, 1.165) is 30.2 Å². The van der Waals surface area contributed by atoms with Crippen LogP contribution in [0.5, 0.6) is 6.01 Å². The Kier molecular flexibility index (Phi) is 6.93. The van der Waals surface area contributed by atoms with Crippen molar-refractivity contribution in [1.82, 2.24) is 25.2 Å². The van der Waals surface area contributed by atoms with Gasteiger partial charge in [0.25, 0.3) is 0 Å². The third-order valence-corrected chi connectivity index (χ3v) is 9.16. The van der Waals surface area contributed by atoms with E-state index in [1.54, 1.807) is 12.3 Å². The van der Waals surface area contributed by atoms with E-state index in [2.05, 4.69) is 38.9 Å². The van der Waals surface area contributed by atoms with Crippen LogP contribution in [0.2, 0.25) is 5.02 Å². The summed E-state index contributed by atoms with van der Waals surface area (Å²) in [4.78, 5) is 18.6. The average Bonchev–Trinajstić information content (AvgIpc) is 3.54. The van der Waals surface area contributed by atoms with Gasteiger partial charge in [-0.1, -0.05) is 41.9 Å². The standard InChI is InChI=1S/C31H34ClFN6O2/c1-17(2)39-11-5-8-20(39)16-41-31-36-29-22(30(37-31)38-14-19-12-25(40)24(15-38)35-19)13-34-28(27(29)33)21-9-3-6-18-7-4-10-23(32)26(18)21/h3-4,6-7,9-10,13,17,19-20,24-25,35,40H,5,8,11-12,14-16H2,1-2H3/t19-,20+,24-,25-/m1/s1. The monoisotopic (exact) mass is 576 g/mol. The summed E-state index contributed by atoms with van der Waals surface area (Å²) >= 11 is 6.58. The summed E-state index contributed by atoms with van der Waals surface area (Å²) < 4.78 is 22.8. The predicted molar refractivity (Wildman–Crippen MR) is 159 cm³/mol. The van der Waals surface area contributed by atoms with Crippen LogP contribution in [-0.2, 0) is 0 Å². The molecule has 4 atom stereocenters. The Balaban J connectivity index is 1.33. The summed E-state index contributed by atoms with van der Waals surface area (Å²) in [7, 11) is 0. The molecular weight excluding hydrogens is 543 g/mol. The molecular formula is C31H34ClFN6O2. The molecule has 10 heteroatoms. The van der Waals surface area contributed by atoms with Gasteiger partial charge in [0.15, 0.2) is 5.82 Å². The Morgan fingerprint density at radius 1 is 1.17 bits per heavy atom. The van der Waals surface area contributed by atoms with Crippen molar-refractivity contribution < 1.29 is 14.2 Å². The molecule has 3 aliphatic heterocycles. The van der Waals surface area contributed by atoms with Crippen molar-refractivity contribution >= 4 is 39.1 Å². The van der Waals surface area contributed by atoms with Crippen LogP contribution >= 0.6 is 11.6 Å². The number of fused-ring (bicyclic) bond motifs is 4. The van der Waals surface area contributed by atoms with Crippen LogP contribution in [0.1, 0.15) is 33.1 Å². The molecule has 2 bridgehead atoms. The third-order valence-electron chi connectivity index (χ3n) is 8.84.